The van der Waals surface area contributed by atoms with E-state index in [9.17, 15) is 0 Å². The lowest BCUT2D eigenvalue weighted by molar-refractivity contribution is 0.607. The van der Waals surface area contributed by atoms with Gasteiger partial charge in [0.1, 0.15) is 0 Å². The molecule has 5 aromatic rings. The van der Waals surface area contributed by atoms with E-state index in [0.29, 0.717) is 0 Å². The number of aryl methyl sites for hydroxylation is 5. The van der Waals surface area contributed by atoms with Crippen molar-refractivity contribution in [2.45, 2.75) is 259 Å². The topological polar surface area (TPSA) is 0 Å². The zero-order valence-electron chi connectivity index (χ0n) is 42.3. The summed E-state index contributed by atoms with van der Waals surface area (Å²) in [5.41, 5.74) is 8.07. The average molecular weight is 974 g/mol. The molecule has 0 aromatic carbocycles. The van der Waals surface area contributed by atoms with Crippen LogP contribution in [0.4, 0.5) is 0 Å². The molecule has 0 bridgehead atoms. The lowest BCUT2D eigenvalue weighted by atomic mass is 10.0. The fourth-order valence-corrected chi connectivity index (χ4v) is 15.9. The van der Waals surface area contributed by atoms with Crippen molar-refractivity contribution in [2.24, 2.45) is 0 Å². The smallest absolute Gasteiger partial charge is 0.0484 e. The van der Waals surface area contributed by atoms with Crippen molar-refractivity contribution in [2.75, 3.05) is 0 Å². The van der Waals surface area contributed by atoms with Gasteiger partial charge in [-0.1, -0.05) is 195 Å². The Bertz CT molecular complexity index is 1940. The third kappa shape index (κ3) is 18.7. The Morgan fingerprint density at radius 1 is 0.262 bits per heavy atom. The maximum atomic E-state index is 2.69. The Kier molecular flexibility index (Phi) is 27.7. The Balaban J connectivity index is 1.48. The molecule has 0 atom stereocenters. The van der Waals surface area contributed by atoms with Crippen molar-refractivity contribution in [1.29, 1.82) is 0 Å². The zero-order valence-corrected chi connectivity index (χ0v) is 46.4. The fourth-order valence-electron chi connectivity index (χ4n) is 9.73. The molecular weight excluding hydrogens is 881 g/mol. The van der Waals surface area contributed by atoms with Crippen molar-refractivity contribution in [3.05, 3.63) is 68.9 Å². The van der Waals surface area contributed by atoms with E-state index in [0.717, 1.165) is 0 Å². The second-order valence-corrected chi connectivity index (χ2v) is 24.5. The van der Waals surface area contributed by atoms with Crippen LogP contribution >= 0.6 is 56.7 Å². The molecule has 0 radical (unpaired) electrons. The van der Waals surface area contributed by atoms with E-state index < -0.39 is 0 Å². The number of thiophene rings is 5. The highest BCUT2D eigenvalue weighted by Gasteiger charge is 2.23. The van der Waals surface area contributed by atoms with Gasteiger partial charge in [0.2, 0.25) is 0 Å². The zero-order chi connectivity index (χ0) is 45.7. The molecule has 0 aliphatic carbocycles. The van der Waals surface area contributed by atoms with E-state index in [4.69, 9.17) is 0 Å². The third-order valence-electron chi connectivity index (χ3n) is 13.8. The molecule has 0 aliphatic heterocycles. The van der Waals surface area contributed by atoms with E-state index in [2.05, 4.69) is 110 Å². The lowest BCUT2D eigenvalue weighted by Gasteiger charge is -2.06. The first kappa shape index (κ1) is 54.4. The van der Waals surface area contributed by atoms with Gasteiger partial charge in [0.15, 0.2) is 0 Å². The first-order chi connectivity index (χ1) is 32.1. The van der Waals surface area contributed by atoms with Crippen LogP contribution in [0, 0.1) is 0 Å². The van der Waals surface area contributed by atoms with Gasteiger partial charge in [-0.15, -0.1) is 56.7 Å². The Hall–Kier alpha value is -1.50. The average Bonchev–Trinajstić information content (AvgIpc) is 4.18. The molecule has 65 heavy (non-hydrogen) atoms. The van der Waals surface area contributed by atoms with Gasteiger partial charge in [-0.25, -0.2) is 0 Å². The van der Waals surface area contributed by atoms with Gasteiger partial charge < -0.3 is 0 Å². The van der Waals surface area contributed by atoms with E-state index in [1.807, 2.05) is 22.7 Å². The van der Waals surface area contributed by atoms with Crippen molar-refractivity contribution >= 4 is 56.7 Å². The summed E-state index contributed by atoms with van der Waals surface area (Å²) in [4.78, 5) is 12.5. The van der Waals surface area contributed by atoms with Gasteiger partial charge >= 0.3 is 0 Å². The molecule has 0 aliphatic rings. The molecule has 362 valence electrons. The van der Waals surface area contributed by atoms with Crippen LogP contribution in [0.1, 0.15) is 255 Å². The van der Waals surface area contributed by atoms with Crippen LogP contribution in [0.5, 0.6) is 0 Å². The SMILES string of the molecule is CCCCCCCCc1cc(-c2cc(CCCCCCCC)c(-c3sccc3CCCCCCCC)s2)sc1-c1cc(CCCCCCCC)c(-c2sccc2CCCCCCCC)s1. The highest BCUT2D eigenvalue weighted by Crippen LogP contribution is 2.50. The maximum absolute atomic E-state index is 2.69. The van der Waals surface area contributed by atoms with Crippen LogP contribution < -0.4 is 0 Å². The van der Waals surface area contributed by atoms with Crippen LogP contribution in [0.25, 0.3) is 39.0 Å². The van der Waals surface area contributed by atoms with Gasteiger partial charge in [0.25, 0.3) is 0 Å². The minimum atomic E-state index is 1.20. The number of hydrogen-bond donors (Lipinski definition) is 0. The van der Waals surface area contributed by atoms with Crippen molar-refractivity contribution in [1.82, 2.24) is 0 Å². The summed E-state index contributed by atoms with van der Waals surface area (Å²) in [7, 11) is 0. The second-order valence-electron chi connectivity index (χ2n) is 19.5. The molecule has 5 heteroatoms. The Morgan fingerprint density at radius 2 is 0.523 bits per heavy atom. The van der Waals surface area contributed by atoms with Crippen LogP contribution in [-0.2, 0) is 32.1 Å². The molecule has 0 spiro atoms. The summed E-state index contributed by atoms with van der Waals surface area (Å²) in [6.45, 7) is 11.7. The molecule has 0 fully saturated rings. The summed E-state index contributed by atoms with van der Waals surface area (Å²) in [6.07, 6.45) is 46.9. The molecule has 0 N–H and O–H groups in total. The molecular formula is C60H92S5. The van der Waals surface area contributed by atoms with Gasteiger partial charge in [-0.2, -0.15) is 0 Å². The predicted octanol–water partition coefficient (Wildman–Crippen LogP) is 23.2. The molecule has 0 amide bonds. The molecule has 0 saturated carbocycles. The first-order valence-electron chi connectivity index (χ1n) is 27.6. The standard InChI is InChI=1S/C60H92S5/c1-6-11-16-21-26-31-36-48-41-43-61-57(48)59-51(39-34-29-24-19-14-9-4)46-54(64-59)53-45-50(38-33-28-23-18-13-8-3)56(63-53)55-47-52(40-35-30-25-20-15-10-5)60(65-55)58-49(42-44-62-58)37-32-27-22-17-12-7-2/h41-47H,6-40H2,1-5H3. The molecule has 0 unspecified atom stereocenters. The quantitative estimate of drug-likeness (QED) is 0.0344. The van der Waals surface area contributed by atoms with Crippen molar-refractivity contribution in [3.63, 3.8) is 0 Å². The minimum absolute atomic E-state index is 1.20. The fraction of sp³-hybridized carbons (Fsp3) is 0.667. The highest BCUT2D eigenvalue weighted by atomic mass is 32.1. The van der Waals surface area contributed by atoms with Gasteiger partial charge in [-0.05, 0) is 133 Å². The Labute approximate surface area is 420 Å². The van der Waals surface area contributed by atoms with E-state index in [-0.39, 0.29) is 0 Å². The van der Waals surface area contributed by atoms with Crippen molar-refractivity contribution < 1.29 is 0 Å². The summed E-state index contributed by atoms with van der Waals surface area (Å²) in [6, 6.07) is 12.9. The molecule has 0 saturated heterocycles. The van der Waals surface area contributed by atoms with Gasteiger partial charge in [-0.3, -0.25) is 0 Å². The summed E-state index contributed by atoms with van der Waals surface area (Å²) in [5.74, 6) is 0. The molecule has 5 heterocycles. The summed E-state index contributed by atoms with van der Waals surface area (Å²) >= 11 is 10.4. The number of hydrogen-bond acceptors (Lipinski definition) is 5. The van der Waals surface area contributed by atoms with E-state index in [1.54, 1.807) is 57.1 Å². The minimum Gasteiger partial charge on any atom is -0.143 e. The second kappa shape index (κ2) is 33.1. The van der Waals surface area contributed by atoms with Crippen LogP contribution in [0.3, 0.4) is 0 Å². The van der Waals surface area contributed by atoms with Crippen LogP contribution in [0.15, 0.2) is 41.1 Å². The lowest BCUT2D eigenvalue weighted by Crippen LogP contribution is -1.89. The van der Waals surface area contributed by atoms with Gasteiger partial charge in [0, 0.05) is 39.0 Å². The first-order valence-corrected chi connectivity index (χ1v) is 31.8. The monoisotopic (exact) mass is 973 g/mol. The molecule has 5 rings (SSSR count). The molecule has 5 aromatic heterocycles. The predicted molar refractivity (Wildman–Crippen MR) is 303 cm³/mol. The Morgan fingerprint density at radius 3 is 0.877 bits per heavy atom. The number of unbranched alkanes of at least 4 members (excludes halogenated alkanes) is 25. The van der Waals surface area contributed by atoms with Crippen LogP contribution in [0.2, 0.25) is 0 Å². The third-order valence-corrected chi connectivity index (χ3v) is 19.9. The largest absolute Gasteiger partial charge is 0.143 e. The maximum Gasteiger partial charge on any atom is 0.0484 e. The summed E-state index contributed by atoms with van der Waals surface area (Å²) < 4.78 is 0. The summed E-state index contributed by atoms with van der Waals surface area (Å²) in [5, 5.41) is 4.79. The molecule has 0 nitrogen and oxygen atoms in total. The highest BCUT2D eigenvalue weighted by molar-refractivity contribution is 7.29. The van der Waals surface area contributed by atoms with Crippen molar-refractivity contribution in [3.8, 4) is 39.0 Å². The van der Waals surface area contributed by atoms with Crippen LogP contribution in [-0.4, -0.2) is 0 Å². The number of rotatable bonds is 39. The van der Waals surface area contributed by atoms with Gasteiger partial charge in [0.05, 0.1) is 0 Å². The van der Waals surface area contributed by atoms with E-state index >= 15 is 0 Å². The van der Waals surface area contributed by atoms with E-state index in [1.165, 1.54) is 234 Å². The normalized spacial score (nSPS) is 11.8.